The molecule has 2 amide bonds. The first-order valence-corrected chi connectivity index (χ1v) is 10.5. The molecule has 3 unspecified atom stereocenters. The van der Waals surface area contributed by atoms with Gasteiger partial charge in [-0.1, -0.05) is 18.7 Å². The molecule has 132 valence electrons. The fourth-order valence-corrected chi connectivity index (χ4v) is 4.10. The van der Waals surface area contributed by atoms with Crippen molar-refractivity contribution in [2.45, 2.75) is 18.1 Å². The number of nitrogens with zero attached hydrogens (tertiary/aromatic N) is 2. The van der Waals surface area contributed by atoms with E-state index in [4.69, 9.17) is 9.15 Å². The first-order valence-electron chi connectivity index (χ1n) is 7.99. The molecular formula is C17H20N2O4P2. The molecule has 2 fully saturated rings. The van der Waals surface area contributed by atoms with E-state index >= 15 is 0 Å². The lowest BCUT2D eigenvalue weighted by atomic mass is 9.92. The Morgan fingerprint density at radius 1 is 1.32 bits per heavy atom. The third kappa shape index (κ3) is 3.56. The van der Waals surface area contributed by atoms with Crippen LogP contribution in [0, 0.1) is 0 Å². The minimum absolute atomic E-state index is 0.0395. The van der Waals surface area contributed by atoms with Crippen LogP contribution in [0.3, 0.4) is 0 Å². The summed E-state index contributed by atoms with van der Waals surface area (Å²) in [7, 11) is 1.91. The number of cyclic esters (lactones) is 1. The Balaban J connectivity index is 1.82. The molecule has 2 saturated heterocycles. The van der Waals surface area contributed by atoms with E-state index in [1.54, 1.807) is 16.1 Å². The van der Waals surface area contributed by atoms with Gasteiger partial charge in [-0.3, -0.25) is 9.69 Å². The van der Waals surface area contributed by atoms with Crippen molar-refractivity contribution < 1.29 is 18.7 Å². The van der Waals surface area contributed by atoms with Crippen molar-refractivity contribution in [3.8, 4) is 0 Å². The zero-order valence-electron chi connectivity index (χ0n) is 13.8. The van der Waals surface area contributed by atoms with Gasteiger partial charge in [0.1, 0.15) is 18.4 Å². The van der Waals surface area contributed by atoms with Crippen LogP contribution < -0.4 is 0 Å². The molecule has 0 saturated carbocycles. The molecule has 25 heavy (non-hydrogen) atoms. The summed E-state index contributed by atoms with van der Waals surface area (Å²) >= 11 is 0. The van der Waals surface area contributed by atoms with Crippen molar-refractivity contribution in [3.05, 3.63) is 30.2 Å². The quantitative estimate of drug-likeness (QED) is 0.515. The number of carbonyl (C=O) groups excluding carboxylic acids is 2. The predicted molar refractivity (Wildman–Crippen MR) is 102 cm³/mol. The van der Waals surface area contributed by atoms with Crippen molar-refractivity contribution in [2.75, 3.05) is 25.5 Å². The Bertz CT molecular complexity index is 689. The summed E-state index contributed by atoms with van der Waals surface area (Å²) in [4.78, 5) is 28.3. The van der Waals surface area contributed by atoms with E-state index in [1.165, 1.54) is 0 Å². The largest absolute Gasteiger partial charge is 0.465 e. The molecule has 3 atom stereocenters. The van der Waals surface area contributed by atoms with Crippen LogP contribution in [-0.4, -0.2) is 78.0 Å². The Kier molecular flexibility index (Phi) is 5.72. The SMILES string of the molecule is C=PCCN1C(=O)C(N2C(=O)OCC2CP=C)C1C=Cc1ccco1. The molecule has 6 nitrogen and oxygen atoms in total. The lowest BCUT2D eigenvalue weighted by Gasteiger charge is -2.49. The summed E-state index contributed by atoms with van der Waals surface area (Å²) < 4.78 is 10.5. The number of β-lactam (4-membered cyclic amide) rings is 1. The maximum atomic E-state index is 12.7. The van der Waals surface area contributed by atoms with Crippen LogP contribution in [0.15, 0.2) is 28.9 Å². The smallest absolute Gasteiger partial charge is 0.411 e. The van der Waals surface area contributed by atoms with E-state index in [0.717, 1.165) is 22.6 Å². The molecule has 0 N–H and O–H groups in total. The molecule has 8 heteroatoms. The minimum Gasteiger partial charge on any atom is -0.465 e. The van der Waals surface area contributed by atoms with Gasteiger partial charge in [0.15, 0.2) is 0 Å². The van der Waals surface area contributed by atoms with Gasteiger partial charge in [-0.15, -0.1) is 16.4 Å². The van der Waals surface area contributed by atoms with Crippen molar-refractivity contribution in [1.82, 2.24) is 9.80 Å². The summed E-state index contributed by atoms with van der Waals surface area (Å²) in [6.07, 6.45) is 14.1. The highest BCUT2D eigenvalue weighted by Gasteiger charge is 2.54. The maximum Gasteiger partial charge on any atom is 0.411 e. The number of hydrogen-bond donors (Lipinski definition) is 0. The van der Waals surface area contributed by atoms with Gasteiger partial charge >= 0.3 is 6.09 Å². The molecule has 0 radical (unpaired) electrons. The minimum atomic E-state index is -0.519. The fraction of sp³-hybridized carbons (Fsp3) is 0.412. The van der Waals surface area contributed by atoms with Crippen LogP contribution in [0.1, 0.15) is 5.76 Å². The summed E-state index contributed by atoms with van der Waals surface area (Å²) in [5.74, 6) is 0.674. The monoisotopic (exact) mass is 378 g/mol. The van der Waals surface area contributed by atoms with Gasteiger partial charge in [-0.2, -0.15) is 0 Å². The van der Waals surface area contributed by atoms with Crippen molar-refractivity contribution in [3.63, 3.8) is 0 Å². The summed E-state index contributed by atoms with van der Waals surface area (Å²) in [6.45, 7) is 0.936. The average Bonchev–Trinajstić information content (AvgIpc) is 3.24. The second-order valence-electron chi connectivity index (χ2n) is 5.83. The summed E-state index contributed by atoms with van der Waals surface area (Å²) in [6, 6.07) is 2.85. The first kappa shape index (κ1) is 17.9. The van der Waals surface area contributed by atoms with E-state index in [0.29, 0.717) is 25.1 Å². The number of amides is 2. The average molecular weight is 378 g/mol. The highest BCUT2D eigenvalue weighted by atomic mass is 31.1. The van der Waals surface area contributed by atoms with E-state index in [-0.39, 0.29) is 18.0 Å². The molecule has 2 aliphatic heterocycles. The van der Waals surface area contributed by atoms with Crippen LogP contribution >= 0.6 is 16.4 Å². The van der Waals surface area contributed by atoms with Gasteiger partial charge in [-0.25, -0.2) is 4.79 Å². The third-order valence-electron chi connectivity index (χ3n) is 4.36. The van der Waals surface area contributed by atoms with Gasteiger partial charge in [0.2, 0.25) is 5.91 Å². The Hall–Kier alpha value is -1.90. The van der Waals surface area contributed by atoms with Gasteiger partial charge in [-0.05, 0) is 18.2 Å². The Morgan fingerprint density at radius 3 is 2.84 bits per heavy atom. The molecule has 2 aliphatic rings. The van der Waals surface area contributed by atoms with E-state index < -0.39 is 12.1 Å². The maximum absolute atomic E-state index is 12.7. The first-order chi connectivity index (χ1) is 12.2. The van der Waals surface area contributed by atoms with Crippen LogP contribution in [0.25, 0.3) is 6.08 Å². The molecule has 1 aromatic rings. The molecule has 0 bridgehead atoms. The highest BCUT2D eigenvalue weighted by Crippen LogP contribution is 2.32. The van der Waals surface area contributed by atoms with E-state index in [9.17, 15) is 9.59 Å². The second-order valence-corrected chi connectivity index (χ2v) is 7.54. The van der Waals surface area contributed by atoms with Crippen LogP contribution in [0.4, 0.5) is 4.79 Å². The number of hydrogen-bond acceptors (Lipinski definition) is 4. The summed E-state index contributed by atoms with van der Waals surface area (Å²) in [5.41, 5.74) is 0. The van der Waals surface area contributed by atoms with Crippen molar-refractivity contribution in [2.24, 2.45) is 0 Å². The standard InChI is InChI=1S/C17H20N2O4P2/c1-24-9-7-18-14(6-5-13-4-3-8-22-13)15(16(18)20)19-12(11-25-2)10-23-17(19)21/h3-6,8,12,14-15H,1-2,7,9-11H2. The highest BCUT2D eigenvalue weighted by molar-refractivity contribution is 7.36. The van der Waals surface area contributed by atoms with Crippen molar-refractivity contribution in [1.29, 1.82) is 0 Å². The summed E-state index contributed by atoms with van der Waals surface area (Å²) in [5, 5.41) is 0. The molecule has 0 spiro atoms. The lowest BCUT2D eigenvalue weighted by Crippen LogP contribution is -2.71. The molecular weight excluding hydrogens is 358 g/mol. The molecule has 3 rings (SSSR count). The fourth-order valence-electron chi connectivity index (χ4n) is 3.16. The number of ether oxygens (including phenoxy) is 1. The molecule has 3 heterocycles. The second kappa shape index (κ2) is 7.99. The van der Waals surface area contributed by atoms with Gasteiger partial charge < -0.3 is 14.1 Å². The van der Waals surface area contributed by atoms with Gasteiger partial charge in [0.25, 0.3) is 0 Å². The predicted octanol–water partition coefficient (Wildman–Crippen LogP) is 2.45. The number of furan rings is 1. The lowest BCUT2D eigenvalue weighted by molar-refractivity contribution is -0.153. The van der Waals surface area contributed by atoms with Crippen LogP contribution in [-0.2, 0) is 9.53 Å². The van der Waals surface area contributed by atoms with Crippen LogP contribution in [0.5, 0.6) is 0 Å². The zero-order valence-corrected chi connectivity index (χ0v) is 15.6. The molecule has 0 aromatic carbocycles. The number of carbonyl (C=O) groups is 2. The molecule has 1 aromatic heterocycles. The zero-order chi connectivity index (χ0) is 17.8. The number of likely N-dealkylation sites (tertiary alicyclic amines) is 1. The number of rotatable bonds is 8. The van der Waals surface area contributed by atoms with Gasteiger partial charge in [0, 0.05) is 18.9 Å². The Morgan fingerprint density at radius 2 is 2.16 bits per heavy atom. The van der Waals surface area contributed by atoms with E-state index in [1.807, 2.05) is 24.3 Å². The van der Waals surface area contributed by atoms with Crippen LogP contribution in [0.2, 0.25) is 0 Å². The van der Waals surface area contributed by atoms with E-state index in [2.05, 4.69) is 12.6 Å². The topological polar surface area (TPSA) is 63.0 Å². The van der Waals surface area contributed by atoms with Crippen molar-refractivity contribution >= 4 is 47.1 Å². The molecule has 0 aliphatic carbocycles. The Labute approximate surface area is 150 Å². The normalized spacial score (nSPS) is 26.6. The van der Waals surface area contributed by atoms with Gasteiger partial charge in [0.05, 0.1) is 18.3 Å². The third-order valence-corrected chi connectivity index (χ3v) is 5.56.